The van der Waals surface area contributed by atoms with Gasteiger partial charge in [0, 0.05) is 36.7 Å². The van der Waals surface area contributed by atoms with Crippen molar-refractivity contribution in [2.24, 2.45) is 0 Å². The predicted octanol–water partition coefficient (Wildman–Crippen LogP) is 4.23. The average Bonchev–Trinajstić information content (AvgIpc) is 2.76. The summed E-state index contributed by atoms with van der Waals surface area (Å²) in [7, 11) is 0. The number of carbonyl (C=O) groups excluding carboxylic acids is 2. The second kappa shape index (κ2) is 10.3. The number of benzene rings is 2. The van der Waals surface area contributed by atoms with Crippen LogP contribution in [-0.2, 0) is 13.1 Å². The van der Waals surface area contributed by atoms with Gasteiger partial charge in [0.05, 0.1) is 0 Å². The van der Waals surface area contributed by atoms with Crippen molar-refractivity contribution in [1.29, 1.82) is 0 Å². The Balaban J connectivity index is 1.48. The third kappa shape index (κ3) is 7.31. The molecule has 0 unspecified atom stereocenters. The number of hydrogen-bond donors (Lipinski definition) is 3. The molecule has 0 bridgehead atoms. The first-order valence-corrected chi connectivity index (χ1v) is 9.45. The van der Waals surface area contributed by atoms with E-state index in [1.54, 1.807) is 42.7 Å². The molecule has 32 heavy (non-hydrogen) atoms. The van der Waals surface area contributed by atoms with Crippen molar-refractivity contribution in [1.82, 2.24) is 15.6 Å². The van der Waals surface area contributed by atoms with Gasteiger partial charge in [-0.2, -0.15) is 0 Å². The Kier molecular flexibility index (Phi) is 7.27. The molecule has 0 aliphatic carbocycles. The molecule has 0 atom stereocenters. The molecule has 2 aromatic carbocycles. The van der Waals surface area contributed by atoms with E-state index < -0.39 is 18.3 Å². The molecule has 0 aliphatic heterocycles. The van der Waals surface area contributed by atoms with Crippen LogP contribution in [0.15, 0.2) is 73.1 Å². The van der Waals surface area contributed by atoms with E-state index in [1.165, 1.54) is 30.3 Å². The highest BCUT2D eigenvalue weighted by Crippen LogP contribution is 2.23. The van der Waals surface area contributed by atoms with Gasteiger partial charge in [-0.25, -0.2) is 4.79 Å². The number of alkyl halides is 3. The number of amides is 3. The molecule has 3 amide bonds. The van der Waals surface area contributed by atoms with Gasteiger partial charge in [0.25, 0.3) is 5.91 Å². The minimum Gasteiger partial charge on any atom is -0.406 e. The lowest BCUT2D eigenvalue weighted by Crippen LogP contribution is -2.28. The highest BCUT2D eigenvalue weighted by molar-refractivity contribution is 5.95. The van der Waals surface area contributed by atoms with Gasteiger partial charge in [0.2, 0.25) is 0 Å². The summed E-state index contributed by atoms with van der Waals surface area (Å²) >= 11 is 0. The standard InChI is InChI=1S/C22H19F3N4O3/c23-22(24,25)32-19-3-1-2-16(12-19)14-27-20(30)17-4-6-18(7-5-17)29-21(31)28-13-15-8-10-26-11-9-15/h1-12H,13-14H2,(H,27,30)(H2,28,29,31). The second-order valence-electron chi connectivity index (χ2n) is 6.62. The molecule has 1 aromatic heterocycles. The van der Waals surface area contributed by atoms with Gasteiger partial charge in [-0.15, -0.1) is 13.2 Å². The summed E-state index contributed by atoms with van der Waals surface area (Å²) in [4.78, 5) is 28.2. The van der Waals surface area contributed by atoms with Gasteiger partial charge >= 0.3 is 12.4 Å². The lowest BCUT2D eigenvalue weighted by Gasteiger charge is -2.11. The molecule has 10 heteroatoms. The Labute approximate surface area is 181 Å². The first kappa shape index (κ1) is 22.6. The summed E-state index contributed by atoms with van der Waals surface area (Å²) in [6, 6.07) is 14.7. The summed E-state index contributed by atoms with van der Waals surface area (Å²) < 4.78 is 40.8. The normalized spacial score (nSPS) is 10.8. The minimum absolute atomic E-state index is 0.0192. The third-order valence-corrected chi connectivity index (χ3v) is 4.19. The Bertz CT molecular complexity index is 1060. The Morgan fingerprint density at radius 1 is 0.875 bits per heavy atom. The number of anilines is 1. The van der Waals surface area contributed by atoms with E-state index in [0.29, 0.717) is 23.4 Å². The van der Waals surface area contributed by atoms with E-state index in [2.05, 4.69) is 25.7 Å². The Morgan fingerprint density at radius 2 is 1.56 bits per heavy atom. The Morgan fingerprint density at radius 3 is 2.25 bits per heavy atom. The SMILES string of the molecule is O=C(NCc1ccncc1)Nc1ccc(C(=O)NCc2cccc(OC(F)(F)F)c2)cc1. The first-order valence-electron chi connectivity index (χ1n) is 9.45. The number of nitrogens with one attached hydrogen (secondary N) is 3. The third-order valence-electron chi connectivity index (χ3n) is 4.19. The van der Waals surface area contributed by atoms with Crippen LogP contribution in [0, 0.1) is 0 Å². The van der Waals surface area contributed by atoms with Gasteiger partial charge in [0.1, 0.15) is 5.75 Å². The van der Waals surface area contributed by atoms with Crippen LogP contribution >= 0.6 is 0 Å². The second-order valence-corrected chi connectivity index (χ2v) is 6.62. The number of pyridine rings is 1. The number of nitrogens with zero attached hydrogens (tertiary/aromatic N) is 1. The molecule has 1 heterocycles. The van der Waals surface area contributed by atoms with Gasteiger partial charge in [-0.05, 0) is 59.7 Å². The van der Waals surface area contributed by atoms with Crippen LogP contribution in [0.3, 0.4) is 0 Å². The molecular formula is C22H19F3N4O3. The number of rotatable bonds is 7. The van der Waals surface area contributed by atoms with Crippen molar-refractivity contribution in [3.8, 4) is 5.75 Å². The Hall–Kier alpha value is -4.08. The maximum Gasteiger partial charge on any atom is 0.573 e. The number of hydrogen-bond acceptors (Lipinski definition) is 4. The van der Waals surface area contributed by atoms with Crippen LogP contribution in [0.5, 0.6) is 5.75 Å². The van der Waals surface area contributed by atoms with Crippen molar-refractivity contribution >= 4 is 17.6 Å². The van der Waals surface area contributed by atoms with Gasteiger partial charge < -0.3 is 20.7 Å². The zero-order valence-electron chi connectivity index (χ0n) is 16.6. The molecule has 0 saturated carbocycles. The van der Waals surface area contributed by atoms with Crippen molar-refractivity contribution in [3.05, 3.63) is 89.7 Å². The molecule has 0 spiro atoms. The molecule has 0 saturated heterocycles. The van der Waals surface area contributed by atoms with E-state index in [4.69, 9.17) is 0 Å². The largest absolute Gasteiger partial charge is 0.573 e. The summed E-state index contributed by atoms with van der Waals surface area (Å²) in [6.07, 6.45) is -1.52. The number of urea groups is 1. The summed E-state index contributed by atoms with van der Waals surface area (Å²) in [6.45, 7) is 0.357. The van der Waals surface area contributed by atoms with E-state index in [0.717, 1.165) is 5.56 Å². The molecule has 0 fully saturated rings. The van der Waals surface area contributed by atoms with Crippen LogP contribution in [0.2, 0.25) is 0 Å². The summed E-state index contributed by atoms with van der Waals surface area (Å²) in [5, 5.41) is 7.99. The van der Waals surface area contributed by atoms with E-state index >= 15 is 0 Å². The van der Waals surface area contributed by atoms with Crippen LogP contribution in [-0.4, -0.2) is 23.3 Å². The van der Waals surface area contributed by atoms with Crippen LogP contribution in [0.1, 0.15) is 21.5 Å². The lowest BCUT2D eigenvalue weighted by atomic mass is 10.1. The number of halogens is 3. The van der Waals surface area contributed by atoms with Crippen molar-refractivity contribution < 1.29 is 27.5 Å². The monoisotopic (exact) mass is 444 g/mol. The molecule has 3 N–H and O–H groups in total. The topological polar surface area (TPSA) is 92.4 Å². The number of ether oxygens (including phenoxy) is 1. The summed E-state index contributed by atoms with van der Waals surface area (Å²) in [5.41, 5.74) is 2.17. The maximum absolute atomic E-state index is 12.3. The number of aromatic nitrogens is 1. The van der Waals surface area contributed by atoms with Crippen molar-refractivity contribution in [2.45, 2.75) is 19.5 Å². The highest BCUT2D eigenvalue weighted by atomic mass is 19.4. The highest BCUT2D eigenvalue weighted by Gasteiger charge is 2.31. The molecule has 7 nitrogen and oxygen atoms in total. The zero-order chi connectivity index (χ0) is 23.0. The van der Waals surface area contributed by atoms with E-state index in [9.17, 15) is 22.8 Å². The van der Waals surface area contributed by atoms with Crippen LogP contribution < -0.4 is 20.7 Å². The molecule has 0 aliphatic rings. The molecule has 3 rings (SSSR count). The molecular weight excluding hydrogens is 425 g/mol. The average molecular weight is 444 g/mol. The van der Waals surface area contributed by atoms with Gasteiger partial charge in [0.15, 0.2) is 0 Å². The summed E-state index contributed by atoms with van der Waals surface area (Å²) in [5.74, 6) is -0.775. The minimum atomic E-state index is -4.78. The quantitative estimate of drug-likeness (QED) is 0.509. The fourth-order valence-electron chi connectivity index (χ4n) is 2.70. The zero-order valence-corrected chi connectivity index (χ0v) is 16.6. The predicted molar refractivity (Wildman–Crippen MR) is 111 cm³/mol. The molecule has 166 valence electrons. The van der Waals surface area contributed by atoms with Gasteiger partial charge in [-0.1, -0.05) is 12.1 Å². The van der Waals surface area contributed by atoms with Gasteiger partial charge in [-0.3, -0.25) is 9.78 Å². The molecule has 0 radical (unpaired) electrons. The van der Waals surface area contributed by atoms with E-state index in [-0.39, 0.29) is 12.3 Å². The van der Waals surface area contributed by atoms with Crippen LogP contribution in [0.25, 0.3) is 0 Å². The lowest BCUT2D eigenvalue weighted by molar-refractivity contribution is -0.274. The smallest absolute Gasteiger partial charge is 0.406 e. The fourth-order valence-corrected chi connectivity index (χ4v) is 2.70. The fraction of sp³-hybridized carbons (Fsp3) is 0.136. The van der Waals surface area contributed by atoms with Crippen LogP contribution in [0.4, 0.5) is 23.7 Å². The molecule has 3 aromatic rings. The number of carbonyl (C=O) groups is 2. The van der Waals surface area contributed by atoms with Crippen molar-refractivity contribution in [2.75, 3.05) is 5.32 Å². The first-order chi connectivity index (χ1) is 15.3. The van der Waals surface area contributed by atoms with E-state index in [1.807, 2.05) is 0 Å². The van der Waals surface area contributed by atoms with Crippen molar-refractivity contribution in [3.63, 3.8) is 0 Å². The maximum atomic E-state index is 12.3.